The highest BCUT2D eigenvalue weighted by atomic mass is 16.7. The molecule has 0 saturated heterocycles. The second-order valence-electron chi connectivity index (χ2n) is 7.87. The second kappa shape index (κ2) is 10.2. The first kappa shape index (κ1) is 23.7. The van der Waals surface area contributed by atoms with Crippen molar-refractivity contribution < 1.29 is 19.1 Å². The molecule has 4 rings (SSSR count). The molecule has 8 heteroatoms. The number of amides is 2. The van der Waals surface area contributed by atoms with E-state index in [2.05, 4.69) is 5.32 Å². The molecule has 0 atom stereocenters. The van der Waals surface area contributed by atoms with Gasteiger partial charge in [-0.1, -0.05) is 36.4 Å². The maximum atomic E-state index is 13.5. The van der Waals surface area contributed by atoms with Crippen molar-refractivity contribution in [1.29, 1.82) is 0 Å². The molecule has 0 bridgehead atoms. The molecule has 35 heavy (non-hydrogen) atoms. The van der Waals surface area contributed by atoms with Gasteiger partial charge in [-0.25, -0.2) is 0 Å². The minimum atomic E-state index is -0.525. The lowest BCUT2D eigenvalue weighted by Crippen LogP contribution is -2.35. The predicted molar refractivity (Wildman–Crippen MR) is 135 cm³/mol. The Bertz CT molecular complexity index is 1430. The van der Waals surface area contributed by atoms with Crippen molar-refractivity contribution >= 4 is 34.1 Å². The van der Waals surface area contributed by atoms with Crippen LogP contribution in [0, 0.1) is 0 Å². The van der Waals surface area contributed by atoms with Crippen LogP contribution in [0.15, 0.2) is 83.7 Å². The number of fused-ring (bicyclic) bond motifs is 1. The zero-order valence-electron chi connectivity index (χ0n) is 19.6. The summed E-state index contributed by atoms with van der Waals surface area (Å²) in [5.41, 5.74) is 1.53. The molecule has 178 valence electrons. The molecule has 3 aromatic carbocycles. The van der Waals surface area contributed by atoms with Gasteiger partial charge in [-0.3, -0.25) is 14.4 Å². The number of methoxy groups -OCH3 is 1. The topological polar surface area (TPSA) is 89.9 Å². The molecule has 4 aromatic rings. The summed E-state index contributed by atoms with van der Waals surface area (Å²) >= 11 is 0. The number of carbonyl (C=O) groups is 2. The number of nitrogens with zero attached hydrogens (tertiary/aromatic N) is 2. The monoisotopic (exact) mass is 471 g/mol. The van der Waals surface area contributed by atoms with Gasteiger partial charge in [-0.05, 0) is 42.5 Å². The summed E-state index contributed by atoms with van der Waals surface area (Å²) in [5.74, 6) is -0.716. The van der Waals surface area contributed by atoms with Gasteiger partial charge in [0, 0.05) is 43.5 Å². The van der Waals surface area contributed by atoms with Crippen LogP contribution in [0.3, 0.4) is 0 Å². The van der Waals surface area contributed by atoms with Crippen molar-refractivity contribution in [1.82, 2.24) is 4.57 Å². The van der Waals surface area contributed by atoms with Gasteiger partial charge < -0.3 is 24.3 Å². The first-order chi connectivity index (χ1) is 16.9. The van der Waals surface area contributed by atoms with E-state index in [9.17, 15) is 14.4 Å². The van der Waals surface area contributed by atoms with Gasteiger partial charge in [-0.2, -0.15) is 0 Å². The minimum absolute atomic E-state index is 0.0912. The molecule has 0 saturated carbocycles. The number of para-hydroxylation sites is 1. The molecule has 0 fully saturated rings. The molecule has 0 aliphatic rings. The number of nitrogens with one attached hydrogen (secondary N) is 1. The average Bonchev–Trinajstić information content (AvgIpc) is 2.90. The molecule has 0 aliphatic heterocycles. The van der Waals surface area contributed by atoms with Crippen molar-refractivity contribution in [3.8, 4) is 5.75 Å². The van der Waals surface area contributed by atoms with Crippen LogP contribution in [0.5, 0.6) is 5.75 Å². The van der Waals surface area contributed by atoms with Gasteiger partial charge in [-0.15, -0.1) is 0 Å². The molecule has 1 N–H and O–H groups in total. The van der Waals surface area contributed by atoms with Crippen LogP contribution in [-0.4, -0.2) is 37.3 Å². The standard InChI is InChI=1S/C27H25N3O5/c1-29(20-12-8-5-9-13-20)26(32)23-24(35-17-34-3)21-16-19(14-15-22(21)30(2)27(23)33)28-25(31)18-10-6-4-7-11-18/h4-16H,17H2,1-3H3,(H,28,31). The molecule has 1 heterocycles. The van der Waals surface area contributed by atoms with Crippen molar-refractivity contribution in [3.05, 3.63) is 100 Å². The number of hydrogen-bond acceptors (Lipinski definition) is 5. The first-order valence-corrected chi connectivity index (χ1v) is 10.9. The van der Waals surface area contributed by atoms with E-state index in [0.717, 1.165) is 0 Å². The van der Waals surface area contributed by atoms with Crippen LogP contribution in [-0.2, 0) is 11.8 Å². The quantitative estimate of drug-likeness (QED) is 0.411. The number of benzene rings is 3. The van der Waals surface area contributed by atoms with Crippen molar-refractivity contribution in [2.45, 2.75) is 0 Å². The molecule has 0 spiro atoms. The van der Waals surface area contributed by atoms with Crippen LogP contribution in [0.4, 0.5) is 11.4 Å². The van der Waals surface area contributed by atoms with E-state index < -0.39 is 11.5 Å². The SMILES string of the molecule is COCOc1c(C(=O)N(C)c2ccccc2)c(=O)n(C)c2ccc(NC(=O)c3ccccc3)cc12. The third kappa shape index (κ3) is 4.78. The smallest absolute Gasteiger partial charge is 0.267 e. The summed E-state index contributed by atoms with van der Waals surface area (Å²) < 4.78 is 12.3. The van der Waals surface area contributed by atoms with Crippen LogP contribution in [0.2, 0.25) is 0 Å². The highest BCUT2D eigenvalue weighted by molar-refractivity contribution is 6.11. The Balaban J connectivity index is 1.84. The van der Waals surface area contributed by atoms with Gasteiger partial charge in [0.05, 0.1) is 5.52 Å². The van der Waals surface area contributed by atoms with E-state index in [-0.39, 0.29) is 24.0 Å². The van der Waals surface area contributed by atoms with Crippen molar-refractivity contribution in [2.24, 2.45) is 7.05 Å². The summed E-state index contributed by atoms with van der Waals surface area (Å²) in [4.78, 5) is 40.9. The normalized spacial score (nSPS) is 10.7. The van der Waals surface area contributed by atoms with Crippen LogP contribution in [0.1, 0.15) is 20.7 Å². The van der Waals surface area contributed by atoms with Gasteiger partial charge in [0.1, 0.15) is 11.3 Å². The van der Waals surface area contributed by atoms with Crippen molar-refractivity contribution in [2.75, 3.05) is 31.2 Å². The molecule has 0 unspecified atom stereocenters. The van der Waals surface area contributed by atoms with E-state index in [4.69, 9.17) is 9.47 Å². The van der Waals surface area contributed by atoms with Gasteiger partial charge in [0.2, 0.25) is 0 Å². The zero-order chi connectivity index (χ0) is 24.9. The number of anilines is 2. The summed E-state index contributed by atoms with van der Waals surface area (Å²) in [7, 11) is 4.64. The number of aromatic nitrogens is 1. The van der Waals surface area contributed by atoms with Gasteiger partial charge in [0.15, 0.2) is 6.79 Å². The fraction of sp³-hybridized carbons (Fsp3) is 0.148. The first-order valence-electron chi connectivity index (χ1n) is 10.9. The van der Waals surface area contributed by atoms with E-state index in [1.54, 1.807) is 68.7 Å². The fourth-order valence-electron chi connectivity index (χ4n) is 3.78. The maximum Gasteiger partial charge on any atom is 0.267 e. The number of hydrogen-bond donors (Lipinski definition) is 1. The average molecular weight is 472 g/mol. The molecular weight excluding hydrogens is 446 g/mol. The lowest BCUT2D eigenvalue weighted by molar-refractivity contribution is 0.0511. The molecule has 2 amide bonds. The Morgan fingerprint density at radius 1 is 0.971 bits per heavy atom. The summed E-state index contributed by atoms with van der Waals surface area (Å²) in [6, 6.07) is 22.9. The Hall–Kier alpha value is -4.43. The molecule has 8 nitrogen and oxygen atoms in total. The lowest BCUT2D eigenvalue weighted by atomic mass is 10.1. The molecule has 0 radical (unpaired) electrons. The van der Waals surface area contributed by atoms with Crippen LogP contribution in [0.25, 0.3) is 10.9 Å². The van der Waals surface area contributed by atoms with Gasteiger partial charge >= 0.3 is 0 Å². The minimum Gasteiger partial charge on any atom is -0.466 e. The number of rotatable bonds is 7. The predicted octanol–water partition coefficient (Wildman–Crippen LogP) is 4.05. The Kier molecular flexibility index (Phi) is 6.93. The van der Waals surface area contributed by atoms with E-state index in [0.29, 0.717) is 27.8 Å². The zero-order valence-corrected chi connectivity index (χ0v) is 19.6. The summed E-state index contributed by atoms with van der Waals surface area (Å²) in [6.07, 6.45) is 0. The lowest BCUT2D eigenvalue weighted by Gasteiger charge is -2.21. The number of ether oxygens (including phenoxy) is 2. The third-order valence-electron chi connectivity index (χ3n) is 5.63. The highest BCUT2D eigenvalue weighted by Gasteiger charge is 2.26. The largest absolute Gasteiger partial charge is 0.466 e. The summed E-state index contributed by atoms with van der Waals surface area (Å²) in [6.45, 7) is -0.168. The number of pyridine rings is 1. The fourth-order valence-corrected chi connectivity index (χ4v) is 3.78. The Morgan fingerprint density at radius 3 is 2.29 bits per heavy atom. The molecule has 1 aromatic heterocycles. The second-order valence-corrected chi connectivity index (χ2v) is 7.87. The van der Waals surface area contributed by atoms with Gasteiger partial charge in [0.25, 0.3) is 17.4 Å². The Labute approximate surface area is 202 Å². The van der Waals surface area contributed by atoms with Crippen molar-refractivity contribution in [3.63, 3.8) is 0 Å². The number of carbonyl (C=O) groups excluding carboxylic acids is 2. The maximum absolute atomic E-state index is 13.5. The Morgan fingerprint density at radius 2 is 1.63 bits per heavy atom. The molecular formula is C27H25N3O5. The molecule has 0 aliphatic carbocycles. The highest BCUT2D eigenvalue weighted by Crippen LogP contribution is 2.31. The van der Waals surface area contributed by atoms with E-state index in [1.165, 1.54) is 16.6 Å². The van der Waals surface area contributed by atoms with Crippen LogP contribution < -0.4 is 20.5 Å². The summed E-state index contributed by atoms with van der Waals surface area (Å²) in [5, 5.41) is 3.34. The van der Waals surface area contributed by atoms with E-state index in [1.807, 2.05) is 24.3 Å². The van der Waals surface area contributed by atoms with E-state index >= 15 is 0 Å². The van der Waals surface area contributed by atoms with Crippen LogP contribution >= 0.6 is 0 Å². The number of aryl methyl sites for hydroxylation is 1. The third-order valence-corrected chi connectivity index (χ3v) is 5.63.